The zero-order chi connectivity index (χ0) is 27.4. The van der Waals surface area contributed by atoms with E-state index in [0.717, 1.165) is 11.3 Å². The van der Waals surface area contributed by atoms with Gasteiger partial charge in [-0.1, -0.05) is 60.7 Å². The second-order valence-electron chi connectivity index (χ2n) is 10.1. The number of para-hydroxylation sites is 2. The lowest BCUT2D eigenvalue weighted by Crippen LogP contribution is -2.57. The van der Waals surface area contributed by atoms with Crippen LogP contribution in [0.3, 0.4) is 0 Å². The monoisotopic (exact) mass is 526 g/mol. The molecule has 3 amide bonds. The minimum Gasteiger partial charge on any atom is -0.496 e. The number of nitrogens with one attached hydrogen (secondary N) is 1. The molecule has 2 heterocycles. The summed E-state index contributed by atoms with van der Waals surface area (Å²) >= 11 is 0. The normalized spacial score (nSPS) is 17.3. The van der Waals surface area contributed by atoms with Crippen molar-refractivity contribution in [1.29, 1.82) is 0 Å². The first-order valence-electron chi connectivity index (χ1n) is 13.3. The van der Waals surface area contributed by atoms with Crippen LogP contribution in [-0.2, 0) is 9.59 Å². The number of methoxy groups -OCH3 is 1. The molecule has 0 radical (unpaired) electrons. The SMILES string of the molecule is COc1ccccc1C(=O)N1CCC2(CC1)C(=O)N(CC(=O)N[C@@H](C)c1ccccc1)CN2c1ccccc1. The standard InChI is InChI=1S/C31H34N4O4/c1-23(24-11-5-3-6-12-24)32-28(36)21-34-22-35(25-13-7-4-8-14-25)31(30(34)38)17-19-33(20-18-31)29(37)26-15-9-10-16-27(26)39-2/h3-16,23H,17-22H2,1-2H3,(H,32,36)/t23-/m0/s1. The van der Waals surface area contributed by atoms with E-state index in [1.165, 1.54) is 0 Å². The van der Waals surface area contributed by atoms with Gasteiger partial charge >= 0.3 is 0 Å². The summed E-state index contributed by atoms with van der Waals surface area (Å²) < 4.78 is 5.39. The Bertz CT molecular complexity index is 1320. The van der Waals surface area contributed by atoms with Crippen molar-refractivity contribution in [2.45, 2.75) is 31.3 Å². The maximum Gasteiger partial charge on any atom is 0.257 e. The van der Waals surface area contributed by atoms with E-state index in [0.29, 0.717) is 43.9 Å². The molecular formula is C31H34N4O4. The number of anilines is 1. The van der Waals surface area contributed by atoms with Crippen molar-refractivity contribution in [2.75, 3.05) is 38.3 Å². The van der Waals surface area contributed by atoms with Crippen LogP contribution in [0.15, 0.2) is 84.9 Å². The van der Waals surface area contributed by atoms with E-state index < -0.39 is 5.54 Å². The number of amides is 3. The highest BCUT2D eigenvalue weighted by molar-refractivity contribution is 5.99. The van der Waals surface area contributed by atoms with Crippen LogP contribution in [0, 0.1) is 0 Å². The van der Waals surface area contributed by atoms with Gasteiger partial charge in [-0.15, -0.1) is 0 Å². The highest BCUT2D eigenvalue weighted by Gasteiger charge is 2.54. The molecule has 0 unspecified atom stereocenters. The van der Waals surface area contributed by atoms with Crippen molar-refractivity contribution < 1.29 is 19.1 Å². The summed E-state index contributed by atoms with van der Waals surface area (Å²) in [6, 6.07) is 26.6. The van der Waals surface area contributed by atoms with Crippen molar-refractivity contribution in [1.82, 2.24) is 15.1 Å². The maximum atomic E-state index is 14.0. The second kappa shape index (κ2) is 11.2. The van der Waals surface area contributed by atoms with E-state index in [2.05, 4.69) is 10.2 Å². The van der Waals surface area contributed by atoms with Crippen molar-refractivity contribution >= 4 is 23.4 Å². The molecule has 0 aromatic heterocycles. The van der Waals surface area contributed by atoms with Crippen LogP contribution in [0.1, 0.15) is 41.7 Å². The summed E-state index contributed by atoms with van der Waals surface area (Å²) in [7, 11) is 1.55. The topological polar surface area (TPSA) is 82.2 Å². The van der Waals surface area contributed by atoms with Crippen LogP contribution in [0.25, 0.3) is 0 Å². The Labute approximate surface area is 229 Å². The molecule has 39 heavy (non-hydrogen) atoms. The van der Waals surface area contributed by atoms with Gasteiger partial charge in [0.1, 0.15) is 17.8 Å². The number of hydrogen-bond donors (Lipinski definition) is 1. The maximum absolute atomic E-state index is 14.0. The van der Waals surface area contributed by atoms with Crippen LogP contribution in [-0.4, -0.2) is 66.5 Å². The highest BCUT2D eigenvalue weighted by Crippen LogP contribution is 2.40. The first-order valence-corrected chi connectivity index (χ1v) is 13.3. The summed E-state index contributed by atoms with van der Waals surface area (Å²) in [5.41, 5.74) is 1.63. The van der Waals surface area contributed by atoms with Crippen LogP contribution >= 0.6 is 0 Å². The van der Waals surface area contributed by atoms with Gasteiger partial charge in [-0.05, 0) is 49.6 Å². The van der Waals surface area contributed by atoms with Gasteiger partial charge in [-0.25, -0.2) is 0 Å². The number of benzene rings is 3. The van der Waals surface area contributed by atoms with Gasteiger partial charge in [0, 0.05) is 18.8 Å². The van der Waals surface area contributed by atoms with E-state index in [4.69, 9.17) is 4.74 Å². The smallest absolute Gasteiger partial charge is 0.257 e. The minimum absolute atomic E-state index is 0.0229. The molecule has 202 valence electrons. The third kappa shape index (κ3) is 5.19. The molecule has 0 saturated carbocycles. The Hall–Kier alpha value is -4.33. The number of ether oxygens (including phenoxy) is 1. The Balaban J connectivity index is 1.33. The van der Waals surface area contributed by atoms with Crippen LogP contribution in [0.4, 0.5) is 5.69 Å². The minimum atomic E-state index is -0.815. The number of hydrogen-bond acceptors (Lipinski definition) is 5. The van der Waals surface area contributed by atoms with E-state index >= 15 is 0 Å². The molecule has 8 nitrogen and oxygen atoms in total. The molecule has 2 saturated heterocycles. The molecule has 1 N–H and O–H groups in total. The lowest BCUT2D eigenvalue weighted by atomic mass is 9.85. The number of carbonyl (C=O) groups is 3. The quantitative estimate of drug-likeness (QED) is 0.506. The van der Waals surface area contributed by atoms with Gasteiger partial charge in [0.2, 0.25) is 5.91 Å². The summed E-state index contributed by atoms with van der Waals surface area (Å²) in [5.74, 6) is 0.157. The molecule has 1 spiro atoms. The van der Waals surface area contributed by atoms with Crippen molar-refractivity contribution in [3.05, 3.63) is 96.1 Å². The molecule has 2 fully saturated rings. The van der Waals surface area contributed by atoms with Crippen molar-refractivity contribution in [3.8, 4) is 5.75 Å². The summed E-state index contributed by atoms with van der Waals surface area (Å²) in [6.07, 6.45) is 0.945. The number of piperidine rings is 1. The van der Waals surface area contributed by atoms with E-state index in [9.17, 15) is 14.4 Å². The molecule has 1 atom stereocenters. The molecule has 5 rings (SSSR count). The molecule has 2 aliphatic heterocycles. The fourth-order valence-electron chi connectivity index (χ4n) is 5.68. The summed E-state index contributed by atoms with van der Waals surface area (Å²) in [5, 5.41) is 3.02. The lowest BCUT2D eigenvalue weighted by Gasteiger charge is -2.43. The van der Waals surface area contributed by atoms with Gasteiger partial charge in [0.05, 0.1) is 25.4 Å². The molecular weight excluding hydrogens is 492 g/mol. The number of nitrogens with zero attached hydrogens (tertiary/aromatic N) is 3. The molecule has 3 aromatic rings. The van der Waals surface area contributed by atoms with E-state index in [-0.39, 0.29) is 30.3 Å². The third-order valence-corrected chi connectivity index (χ3v) is 7.81. The number of rotatable bonds is 7. The lowest BCUT2D eigenvalue weighted by molar-refractivity contribution is -0.137. The van der Waals surface area contributed by atoms with Gasteiger partial charge < -0.3 is 24.8 Å². The fourth-order valence-corrected chi connectivity index (χ4v) is 5.68. The summed E-state index contributed by atoms with van der Waals surface area (Å²) in [4.78, 5) is 45.9. The largest absolute Gasteiger partial charge is 0.496 e. The van der Waals surface area contributed by atoms with Crippen molar-refractivity contribution in [2.24, 2.45) is 0 Å². The first kappa shape index (κ1) is 26.3. The molecule has 8 heteroatoms. The van der Waals surface area contributed by atoms with Gasteiger partial charge in [0.15, 0.2) is 0 Å². The Morgan fingerprint density at radius 1 is 0.923 bits per heavy atom. The third-order valence-electron chi connectivity index (χ3n) is 7.81. The fraction of sp³-hybridized carbons (Fsp3) is 0.323. The Morgan fingerprint density at radius 2 is 1.54 bits per heavy atom. The van der Waals surface area contributed by atoms with Gasteiger partial charge in [-0.3, -0.25) is 14.4 Å². The average molecular weight is 527 g/mol. The van der Waals surface area contributed by atoms with Crippen LogP contribution < -0.4 is 15.0 Å². The highest BCUT2D eigenvalue weighted by atomic mass is 16.5. The molecule has 0 aliphatic carbocycles. The first-order chi connectivity index (χ1) is 18.9. The number of likely N-dealkylation sites (tertiary alicyclic amines) is 1. The van der Waals surface area contributed by atoms with E-state index in [1.807, 2.05) is 79.7 Å². The zero-order valence-corrected chi connectivity index (χ0v) is 22.4. The molecule has 0 bridgehead atoms. The predicted octanol–water partition coefficient (Wildman–Crippen LogP) is 3.85. The summed E-state index contributed by atoms with van der Waals surface area (Å²) in [6.45, 7) is 3.08. The van der Waals surface area contributed by atoms with Crippen LogP contribution in [0.2, 0.25) is 0 Å². The van der Waals surface area contributed by atoms with Gasteiger partial charge in [0.25, 0.3) is 11.8 Å². The average Bonchev–Trinajstić information content (AvgIpc) is 3.24. The van der Waals surface area contributed by atoms with E-state index in [1.54, 1.807) is 29.0 Å². The molecule has 2 aliphatic rings. The predicted molar refractivity (Wildman–Crippen MR) is 149 cm³/mol. The van der Waals surface area contributed by atoms with Crippen LogP contribution in [0.5, 0.6) is 5.75 Å². The zero-order valence-electron chi connectivity index (χ0n) is 22.4. The number of carbonyl (C=O) groups excluding carboxylic acids is 3. The van der Waals surface area contributed by atoms with Crippen molar-refractivity contribution in [3.63, 3.8) is 0 Å². The Kier molecular flexibility index (Phi) is 7.54. The Morgan fingerprint density at radius 3 is 2.21 bits per heavy atom. The van der Waals surface area contributed by atoms with Gasteiger partial charge in [-0.2, -0.15) is 0 Å². The molecule has 3 aromatic carbocycles. The second-order valence-corrected chi connectivity index (χ2v) is 10.1.